The van der Waals surface area contributed by atoms with Gasteiger partial charge in [0.1, 0.15) is 6.42 Å². The van der Waals surface area contributed by atoms with Gasteiger partial charge in [-0.05, 0) is 0 Å². The number of aliphatic carboxylic acids is 1. The molecule has 0 spiro atoms. The number of hydrogen-bond donors (Lipinski definition) is 1. The third kappa shape index (κ3) is 1.04. The summed E-state index contributed by atoms with van der Waals surface area (Å²) in [5.74, 6) is -1.83. The highest BCUT2D eigenvalue weighted by atomic mass is 16.7. The average Bonchev–Trinajstić information content (AvgIpc) is 2.14. The molecule has 1 N–H and O–H groups in total. The second kappa shape index (κ2) is 1.85. The normalized spacial score (nSPS) is 16.9. The number of carboxylic acids is 1. The number of carboxylic acid groups (broad SMARTS) is 1. The van der Waals surface area contributed by atoms with Gasteiger partial charge in [0.2, 0.25) is 0 Å². The average molecular weight is 129 g/mol. The van der Waals surface area contributed by atoms with Gasteiger partial charge in [0, 0.05) is 0 Å². The van der Waals surface area contributed by atoms with Crippen LogP contribution in [0.2, 0.25) is 0 Å². The first kappa shape index (κ1) is 5.74. The lowest BCUT2D eigenvalue weighted by atomic mass is 10.3. The first-order valence-electron chi connectivity index (χ1n) is 2.20. The Hall–Kier alpha value is -1.39. The van der Waals surface area contributed by atoms with Crippen molar-refractivity contribution < 1.29 is 19.5 Å². The van der Waals surface area contributed by atoms with Gasteiger partial charge in [-0.25, -0.2) is 9.59 Å². The Labute approximate surface area is 49.9 Å². The molecule has 0 fully saturated rings. The van der Waals surface area contributed by atoms with Gasteiger partial charge >= 0.3 is 11.9 Å². The minimum atomic E-state index is -1.21. The van der Waals surface area contributed by atoms with Crippen LogP contribution in [0.5, 0.6) is 0 Å². The van der Waals surface area contributed by atoms with E-state index in [1.807, 2.05) is 0 Å². The lowest BCUT2D eigenvalue weighted by Crippen LogP contribution is -2.10. The molecule has 0 aromatic heterocycles. The SMILES string of the molecule is O=C1CC(C(=O)O)=NO1. The Kier molecular flexibility index (Phi) is 1.18. The largest absolute Gasteiger partial charge is 0.477 e. The number of hydrogen-bond acceptors (Lipinski definition) is 4. The van der Waals surface area contributed by atoms with Crippen molar-refractivity contribution in [3.8, 4) is 0 Å². The van der Waals surface area contributed by atoms with Crippen molar-refractivity contribution >= 4 is 17.7 Å². The van der Waals surface area contributed by atoms with Crippen LogP contribution in [0.4, 0.5) is 0 Å². The number of nitrogens with zero attached hydrogens (tertiary/aromatic N) is 1. The lowest BCUT2D eigenvalue weighted by molar-refractivity contribution is -0.140. The molecule has 1 aliphatic heterocycles. The smallest absolute Gasteiger partial charge is 0.354 e. The molecule has 0 radical (unpaired) electrons. The second-order valence-corrected chi connectivity index (χ2v) is 1.48. The summed E-state index contributed by atoms with van der Waals surface area (Å²) < 4.78 is 0. The third-order valence-electron chi connectivity index (χ3n) is 0.816. The van der Waals surface area contributed by atoms with Crippen molar-refractivity contribution in [2.45, 2.75) is 6.42 Å². The molecule has 5 heteroatoms. The molecule has 0 aliphatic carbocycles. The molecule has 0 aromatic rings. The fourth-order valence-electron chi connectivity index (χ4n) is 0.422. The molecular formula is C4H3NO4. The van der Waals surface area contributed by atoms with Gasteiger partial charge < -0.3 is 9.94 Å². The van der Waals surface area contributed by atoms with Crippen LogP contribution < -0.4 is 0 Å². The molecule has 0 aromatic carbocycles. The quantitative estimate of drug-likeness (QED) is 0.478. The Morgan fingerprint density at radius 3 is 2.67 bits per heavy atom. The molecule has 0 saturated heterocycles. The van der Waals surface area contributed by atoms with E-state index in [-0.39, 0.29) is 12.1 Å². The molecule has 0 atom stereocenters. The van der Waals surface area contributed by atoms with Gasteiger partial charge in [0.15, 0.2) is 5.71 Å². The number of oxime groups is 1. The van der Waals surface area contributed by atoms with E-state index in [0.717, 1.165) is 0 Å². The van der Waals surface area contributed by atoms with E-state index < -0.39 is 11.9 Å². The van der Waals surface area contributed by atoms with Crippen LogP contribution in [-0.4, -0.2) is 22.8 Å². The van der Waals surface area contributed by atoms with E-state index in [9.17, 15) is 9.59 Å². The second-order valence-electron chi connectivity index (χ2n) is 1.48. The van der Waals surface area contributed by atoms with E-state index >= 15 is 0 Å². The van der Waals surface area contributed by atoms with Crippen molar-refractivity contribution in [2.24, 2.45) is 5.16 Å². The van der Waals surface area contributed by atoms with Gasteiger partial charge in [-0.15, -0.1) is 0 Å². The topological polar surface area (TPSA) is 76.0 Å². The van der Waals surface area contributed by atoms with E-state index in [1.54, 1.807) is 0 Å². The van der Waals surface area contributed by atoms with Crippen LogP contribution in [0, 0.1) is 0 Å². The van der Waals surface area contributed by atoms with Crippen molar-refractivity contribution in [3.05, 3.63) is 0 Å². The Morgan fingerprint density at radius 2 is 2.44 bits per heavy atom. The number of rotatable bonds is 1. The highest BCUT2D eigenvalue weighted by Crippen LogP contribution is 2.00. The molecular weight excluding hydrogens is 126 g/mol. The van der Waals surface area contributed by atoms with Crippen molar-refractivity contribution in [2.75, 3.05) is 0 Å². The molecule has 1 heterocycles. The number of carbonyl (C=O) groups excluding carboxylic acids is 1. The van der Waals surface area contributed by atoms with E-state index in [4.69, 9.17) is 5.11 Å². The first-order valence-corrected chi connectivity index (χ1v) is 2.20. The highest BCUT2D eigenvalue weighted by Gasteiger charge is 2.22. The molecule has 0 bridgehead atoms. The van der Waals surface area contributed by atoms with Gasteiger partial charge in [-0.2, -0.15) is 0 Å². The zero-order chi connectivity index (χ0) is 6.85. The molecule has 5 nitrogen and oxygen atoms in total. The van der Waals surface area contributed by atoms with Crippen LogP contribution in [0.15, 0.2) is 5.16 Å². The van der Waals surface area contributed by atoms with E-state index in [2.05, 4.69) is 9.99 Å². The fourth-order valence-corrected chi connectivity index (χ4v) is 0.422. The Balaban J connectivity index is 2.65. The minimum absolute atomic E-state index is 0.227. The van der Waals surface area contributed by atoms with Gasteiger partial charge in [0.05, 0.1) is 0 Å². The molecule has 9 heavy (non-hydrogen) atoms. The van der Waals surface area contributed by atoms with Gasteiger partial charge in [-0.3, -0.25) is 0 Å². The van der Waals surface area contributed by atoms with Crippen molar-refractivity contribution in [1.82, 2.24) is 0 Å². The summed E-state index contributed by atoms with van der Waals surface area (Å²) in [6, 6.07) is 0. The van der Waals surface area contributed by atoms with Crippen molar-refractivity contribution in [3.63, 3.8) is 0 Å². The maximum atomic E-state index is 10.2. The van der Waals surface area contributed by atoms with Gasteiger partial charge in [-0.1, -0.05) is 5.16 Å². The predicted octanol–water partition coefficient (Wildman–Crippen LogP) is -0.626. The van der Waals surface area contributed by atoms with E-state index in [1.165, 1.54) is 0 Å². The van der Waals surface area contributed by atoms with Crippen molar-refractivity contribution in [1.29, 1.82) is 0 Å². The molecule has 48 valence electrons. The zero-order valence-electron chi connectivity index (χ0n) is 4.33. The van der Waals surface area contributed by atoms with Crippen LogP contribution in [0.3, 0.4) is 0 Å². The lowest BCUT2D eigenvalue weighted by Gasteiger charge is -1.79. The number of carbonyl (C=O) groups is 2. The molecule has 0 unspecified atom stereocenters. The molecule has 1 aliphatic rings. The summed E-state index contributed by atoms with van der Waals surface area (Å²) in [6.07, 6.45) is -0.227. The Morgan fingerprint density at radius 1 is 1.78 bits per heavy atom. The summed E-state index contributed by atoms with van der Waals surface area (Å²) in [5.41, 5.74) is -0.236. The van der Waals surface area contributed by atoms with Crippen LogP contribution in [0.1, 0.15) is 6.42 Å². The zero-order valence-corrected chi connectivity index (χ0v) is 4.33. The summed E-state index contributed by atoms with van der Waals surface area (Å²) in [4.78, 5) is 24.1. The maximum Gasteiger partial charge on any atom is 0.354 e. The predicted molar refractivity (Wildman–Crippen MR) is 25.8 cm³/mol. The van der Waals surface area contributed by atoms with Gasteiger partial charge in [0.25, 0.3) is 0 Å². The molecule has 0 saturated carbocycles. The maximum absolute atomic E-state index is 10.2. The summed E-state index contributed by atoms with van der Waals surface area (Å²) in [6.45, 7) is 0. The standard InChI is InChI=1S/C4H3NO4/c6-3-1-2(4(7)8)5-9-3/h1H2,(H,7,8). The Bertz CT molecular complexity index is 195. The molecule has 1 rings (SSSR count). The highest BCUT2D eigenvalue weighted by molar-refractivity contribution is 6.39. The van der Waals surface area contributed by atoms with Crippen LogP contribution in [0.25, 0.3) is 0 Å². The third-order valence-corrected chi connectivity index (χ3v) is 0.816. The minimum Gasteiger partial charge on any atom is -0.477 e. The summed E-state index contributed by atoms with van der Waals surface area (Å²) >= 11 is 0. The fraction of sp³-hybridized carbons (Fsp3) is 0.250. The summed E-state index contributed by atoms with van der Waals surface area (Å²) in [5, 5.41) is 11.2. The summed E-state index contributed by atoms with van der Waals surface area (Å²) in [7, 11) is 0. The van der Waals surface area contributed by atoms with Crippen LogP contribution in [-0.2, 0) is 14.4 Å². The van der Waals surface area contributed by atoms with E-state index in [0.29, 0.717) is 0 Å². The van der Waals surface area contributed by atoms with Crippen LogP contribution >= 0.6 is 0 Å². The first-order chi connectivity index (χ1) is 4.20. The monoisotopic (exact) mass is 129 g/mol. The molecule has 0 amide bonds.